The maximum atomic E-state index is 11.8. The minimum atomic E-state index is -0.233. The van der Waals surface area contributed by atoms with Crippen LogP contribution in [0.25, 0.3) is 0 Å². The molecule has 1 aliphatic rings. The Morgan fingerprint density at radius 1 is 1.35 bits per heavy atom. The lowest BCUT2D eigenvalue weighted by Gasteiger charge is -2.22. The molecule has 0 saturated carbocycles. The van der Waals surface area contributed by atoms with Gasteiger partial charge in [0, 0.05) is 4.47 Å². The number of halogens is 3. The molecule has 1 aromatic rings. The van der Waals surface area contributed by atoms with Gasteiger partial charge in [-0.05, 0) is 54.0 Å². The number of nitrogens with one attached hydrogen (secondary N) is 2. The highest BCUT2D eigenvalue weighted by Gasteiger charge is 2.16. The standard InChI is InChI=1S/C13H15BrCl2N2O2/c14-9-1-2-10(13(16)12(9)15)18-11(19)7-20-8-3-5-17-6-4-8/h1-2,8,17H,3-7H2,(H,18,19). The molecular weight excluding hydrogens is 367 g/mol. The number of hydrogen-bond acceptors (Lipinski definition) is 3. The number of amides is 1. The average Bonchev–Trinajstić information content (AvgIpc) is 2.47. The fourth-order valence-electron chi connectivity index (χ4n) is 1.96. The molecule has 0 radical (unpaired) electrons. The van der Waals surface area contributed by atoms with Gasteiger partial charge in [0.25, 0.3) is 0 Å². The summed E-state index contributed by atoms with van der Waals surface area (Å²) in [6.07, 6.45) is 2.00. The number of carbonyl (C=O) groups is 1. The molecule has 2 N–H and O–H groups in total. The SMILES string of the molecule is O=C(COC1CCNCC1)Nc1ccc(Br)c(Cl)c1Cl. The zero-order chi connectivity index (χ0) is 14.5. The Morgan fingerprint density at radius 2 is 2.05 bits per heavy atom. The van der Waals surface area contributed by atoms with E-state index in [0.29, 0.717) is 20.2 Å². The fraction of sp³-hybridized carbons (Fsp3) is 0.462. The second-order valence-corrected chi connectivity index (χ2v) is 6.14. The molecule has 7 heteroatoms. The van der Waals surface area contributed by atoms with Crippen molar-refractivity contribution >= 4 is 50.7 Å². The second-order valence-electron chi connectivity index (χ2n) is 4.53. The topological polar surface area (TPSA) is 50.4 Å². The summed E-state index contributed by atoms with van der Waals surface area (Å²) in [7, 11) is 0. The first-order valence-electron chi connectivity index (χ1n) is 6.33. The Morgan fingerprint density at radius 3 is 2.75 bits per heavy atom. The lowest BCUT2D eigenvalue weighted by Crippen LogP contribution is -2.34. The summed E-state index contributed by atoms with van der Waals surface area (Å²) in [6, 6.07) is 3.43. The van der Waals surface area contributed by atoms with Gasteiger partial charge in [0.2, 0.25) is 5.91 Å². The number of rotatable bonds is 4. The monoisotopic (exact) mass is 380 g/mol. The van der Waals surface area contributed by atoms with Crippen LogP contribution in [0.3, 0.4) is 0 Å². The van der Waals surface area contributed by atoms with Crippen molar-refractivity contribution in [2.75, 3.05) is 25.0 Å². The van der Waals surface area contributed by atoms with E-state index in [1.807, 2.05) is 0 Å². The molecule has 0 bridgehead atoms. The number of piperidine rings is 1. The summed E-state index contributed by atoms with van der Waals surface area (Å²) in [5, 5.41) is 6.64. The van der Waals surface area contributed by atoms with Crippen LogP contribution in [-0.4, -0.2) is 31.7 Å². The van der Waals surface area contributed by atoms with Crippen LogP contribution < -0.4 is 10.6 Å². The summed E-state index contributed by atoms with van der Waals surface area (Å²) < 4.78 is 6.26. The molecule has 1 heterocycles. The van der Waals surface area contributed by atoms with E-state index in [2.05, 4.69) is 26.6 Å². The first-order chi connectivity index (χ1) is 9.58. The Bertz CT molecular complexity index is 494. The van der Waals surface area contributed by atoms with E-state index >= 15 is 0 Å². The van der Waals surface area contributed by atoms with E-state index in [4.69, 9.17) is 27.9 Å². The van der Waals surface area contributed by atoms with Crippen molar-refractivity contribution in [3.05, 3.63) is 26.7 Å². The third kappa shape index (κ3) is 4.33. The van der Waals surface area contributed by atoms with Crippen molar-refractivity contribution in [2.24, 2.45) is 0 Å². The number of hydrogen-bond donors (Lipinski definition) is 2. The van der Waals surface area contributed by atoms with Gasteiger partial charge < -0.3 is 15.4 Å². The largest absolute Gasteiger partial charge is 0.368 e. The smallest absolute Gasteiger partial charge is 0.250 e. The molecule has 0 atom stereocenters. The van der Waals surface area contributed by atoms with Crippen LogP contribution in [0.2, 0.25) is 10.0 Å². The van der Waals surface area contributed by atoms with E-state index in [0.717, 1.165) is 25.9 Å². The molecule has 2 rings (SSSR count). The van der Waals surface area contributed by atoms with Gasteiger partial charge in [-0.1, -0.05) is 23.2 Å². The van der Waals surface area contributed by atoms with Crippen molar-refractivity contribution in [2.45, 2.75) is 18.9 Å². The maximum Gasteiger partial charge on any atom is 0.250 e. The highest BCUT2D eigenvalue weighted by atomic mass is 79.9. The highest BCUT2D eigenvalue weighted by molar-refractivity contribution is 9.10. The number of carbonyl (C=O) groups excluding carboxylic acids is 1. The van der Waals surface area contributed by atoms with E-state index < -0.39 is 0 Å². The van der Waals surface area contributed by atoms with Gasteiger partial charge in [-0.2, -0.15) is 0 Å². The van der Waals surface area contributed by atoms with Crippen LogP contribution in [0.1, 0.15) is 12.8 Å². The van der Waals surface area contributed by atoms with Crippen molar-refractivity contribution in [3.63, 3.8) is 0 Å². The van der Waals surface area contributed by atoms with E-state index in [1.165, 1.54) is 0 Å². The van der Waals surface area contributed by atoms with Crippen molar-refractivity contribution in [3.8, 4) is 0 Å². The highest BCUT2D eigenvalue weighted by Crippen LogP contribution is 2.35. The van der Waals surface area contributed by atoms with Crippen molar-refractivity contribution in [1.29, 1.82) is 0 Å². The van der Waals surface area contributed by atoms with Gasteiger partial charge in [0.05, 0.1) is 21.8 Å². The molecule has 0 aliphatic carbocycles. The quantitative estimate of drug-likeness (QED) is 0.785. The van der Waals surface area contributed by atoms with Crippen LogP contribution >= 0.6 is 39.1 Å². The molecule has 0 spiro atoms. The molecule has 1 fully saturated rings. The summed E-state index contributed by atoms with van der Waals surface area (Å²) in [4.78, 5) is 11.8. The van der Waals surface area contributed by atoms with Crippen molar-refractivity contribution in [1.82, 2.24) is 5.32 Å². The minimum Gasteiger partial charge on any atom is -0.368 e. The lowest BCUT2D eigenvalue weighted by atomic mass is 10.1. The van der Waals surface area contributed by atoms with Crippen LogP contribution in [0.4, 0.5) is 5.69 Å². The molecule has 1 aromatic carbocycles. The normalized spacial score (nSPS) is 16.1. The van der Waals surface area contributed by atoms with Crippen LogP contribution in [0.15, 0.2) is 16.6 Å². The molecule has 110 valence electrons. The number of anilines is 1. The molecule has 1 aliphatic heterocycles. The van der Waals surface area contributed by atoms with Gasteiger partial charge in [0.15, 0.2) is 0 Å². The first-order valence-corrected chi connectivity index (χ1v) is 7.88. The molecule has 0 unspecified atom stereocenters. The van der Waals surface area contributed by atoms with Crippen LogP contribution in [0, 0.1) is 0 Å². The number of benzene rings is 1. The van der Waals surface area contributed by atoms with E-state index in [9.17, 15) is 4.79 Å². The van der Waals surface area contributed by atoms with E-state index in [-0.39, 0.29) is 18.6 Å². The molecule has 20 heavy (non-hydrogen) atoms. The molecular formula is C13H15BrCl2N2O2. The molecule has 1 amide bonds. The van der Waals surface area contributed by atoms with Gasteiger partial charge in [0.1, 0.15) is 6.61 Å². The Hall–Kier alpha value is -0.330. The molecule has 0 aromatic heterocycles. The average molecular weight is 382 g/mol. The summed E-state index contributed by atoms with van der Waals surface area (Å²) in [6.45, 7) is 1.88. The Labute approximate surface area is 136 Å². The van der Waals surface area contributed by atoms with Crippen LogP contribution in [-0.2, 0) is 9.53 Å². The predicted octanol–water partition coefficient (Wildman–Crippen LogP) is 3.46. The Kier molecular flexibility index (Phi) is 6.11. The molecule has 4 nitrogen and oxygen atoms in total. The van der Waals surface area contributed by atoms with Gasteiger partial charge in [-0.25, -0.2) is 0 Å². The summed E-state index contributed by atoms with van der Waals surface area (Å²) in [5.41, 5.74) is 0.485. The maximum absolute atomic E-state index is 11.8. The van der Waals surface area contributed by atoms with Crippen molar-refractivity contribution < 1.29 is 9.53 Å². The zero-order valence-electron chi connectivity index (χ0n) is 10.7. The number of ether oxygens (including phenoxy) is 1. The minimum absolute atomic E-state index is 0.0225. The third-order valence-corrected chi connectivity index (χ3v) is 4.82. The van der Waals surface area contributed by atoms with Gasteiger partial charge in [-0.3, -0.25) is 4.79 Å². The van der Waals surface area contributed by atoms with E-state index in [1.54, 1.807) is 12.1 Å². The summed E-state index contributed by atoms with van der Waals surface area (Å²) in [5.74, 6) is -0.233. The van der Waals surface area contributed by atoms with Crippen LogP contribution in [0.5, 0.6) is 0 Å². The molecule has 1 saturated heterocycles. The summed E-state index contributed by atoms with van der Waals surface area (Å²) >= 11 is 15.3. The fourth-order valence-corrected chi connectivity index (χ4v) is 2.79. The van der Waals surface area contributed by atoms with Gasteiger partial charge >= 0.3 is 0 Å². The first kappa shape index (κ1) is 16.0. The van der Waals surface area contributed by atoms with Gasteiger partial charge in [-0.15, -0.1) is 0 Å². The third-order valence-electron chi connectivity index (χ3n) is 3.05. The Balaban J connectivity index is 1.86. The lowest BCUT2D eigenvalue weighted by molar-refractivity contribution is -0.123. The predicted molar refractivity (Wildman–Crippen MR) is 84.6 cm³/mol. The zero-order valence-corrected chi connectivity index (χ0v) is 13.8. The second kappa shape index (κ2) is 7.61.